The van der Waals surface area contributed by atoms with Gasteiger partial charge in [0.25, 0.3) is 0 Å². The molecule has 1 saturated carbocycles. The van der Waals surface area contributed by atoms with E-state index in [-0.39, 0.29) is 5.60 Å². The zero-order chi connectivity index (χ0) is 10.0. The predicted octanol–water partition coefficient (Wildman–Crippen LogP) is 1.18. The maximum atomic E-state index is 5.79. The molecular formula is C11H21NO2. The monoisotopic (exact) mass is 199 g/mol. The smallest absolute Gasteiger partial charge is 0.0877 e. The molecule has 0 aromatic rings. The Morgan fingerprint density at radius 2 is 2.00 bits per heavy atom. The molecule has 1 saturated heterocycles. The van der Waals surface area contributed by atoms with E-state index < -0.39 is 0 Å². The Hall–Kier alpha value is -0.120. The molecule has 0 aromatic heterocycles. The molecule has 1 atom stereocenters. The number of nitrogens with one attached hydrogen (secondary N) is 1. The molecule has 1 unspecified atom stereocenters. The summed E-state index contributed by atoms with van der Waals surface area (Å²) in [4.78, 5) is 0. The maximum Gasteiger partial charge on any atom is 0.0877 e. The lowest BCUT2D eigenvalue weighted by atomic mass is 9.83. The van der Waals surface area contributed by atoms with E-state index in [0.717, 1.165) is 32.0 Å². The van der Waals surface area contributed by atoms with Gasteiger partial charge in [-0.3, -0.25) is 0 Å². The minimum absolute atomic E-state index is 0.0359. The van der Waals surface area contributed by atoms with Crippen LogP contribution in [0.3, 0.4) is 0 Å². The Morgan fingerprint density at radius 3 is 2.43 bits per heavy atom. The summed E-state index contributed by atoms with van der Waals surface area (Å²) in [7, 11) is 3.90. The van der Waals surface area contributed by atoms with Gasteiger partial charge in [0.1, 0.15) is 0 Å². The lowest BCUT2D eigenvalue weighted by Gasteiger charge is -2.42. The largest absolute Gasteiger partial charge is 0.381 e. The van der Waals surface area contributed by atoms with Crippen LogP contribution in [0.15, 0.2) is 0 Å². The first-order valence-electron chi connectivity index (χ1n) is 5.62. The van der Waals surface area contributed by atoms with E-state index in [1.165, 1.54) is 12.8 Å². The van der Waals surface area contributed by atoms with Gasteiger partial charge in [0.15, 0.2) is 0 Å². The van der Waals surface area contributed by atoms with E-state index in [2.05, 4.69) is 12.4 Å². The van der Waals surface area contributed by atoms with Gasteiger partial charge in [0, 0.05) is 39.2 Å². The summed E-state index contributed by atoms with van der Waals surface area (Å²) < 4.78 is 11.2. The maximum absolute atomic E-state index is 5.79. The molecule has 0 spiro atoms. The highest BCUT2D eigenvalue weighted by atomic mass is 16.5. The highest BCUT2D eigenvalue weighted by molar-refractivity contribution is 5.01. The summed E-state index contributed by atoms with van der Waals surface area (Å²) in [6, 6.07) is 0.524. The first kappa shape index (κ1) is 10.4. The van der Waals surface area contributed by atoms with E-state index in [1.54, 1.807) is 0 Å². The number of hydrogen-bond acceptors (Lipinski definition) is 3. The van der Waals surface area contributed by atoms with E-state index in [9.17, 15) is 0 Å². The fraction of sp³-hybridized carbons (Fsp3) is 1.00. The molecule has 2 aliphatic rings. The van der Waals surface area contributed by atoms with Crippen LogP contribution >= 0.6 is 0 Å². The Labute approximate surface area is 86.2 Å². The molecule has 82 valence electrons. The average Bonchev–Trinajstić information content (AvgIpc) is 3.05. The minimum Gasteiger partial charge on any atom is -0.381 e. The molecule has 2 fully saturated rings. The highest BCUT2D eigenvalue weighted by Crippen LogP contribution is 2.42. The number of methoxy groups -OCH3 is 1. The molecule has 0 aromatic carbocycles. The van der Waals surface area contributed by atoms with Crippen molar-refractivity contribution in [3.63, 3.8) is 0 Å². The van der Waals surface area contributed by atoms with Gasteiger partial charge in [0.2, 0.25) is 0 Å². The van der Waals surface area contributed by atoms with Crippen LogP contribution in [0.5, 0.6) is 0 Å². The zero-order valence-corrected chi connectivity index (χ0v) is 9.21. The molecule has 3 heteroatoms. The van der Waals surface area contributed by atoms with Crippen LogP contribution in [0.1, 0.15) is 25.7 Å². The molecular weight excluding hydrogens is 178 g/mol. The summed E-state index contributed by atoms with van der Waals surface area (Å²) in [6.07, 6.45) is 4.78. The van der Waals surface area contributed by atoms with Crippen LogP contribution < -0.4 is 5.32 Å². The molecule has 0 amide bonds. The van der Waals surface area contributed by atoms with Crippen LogP contribution in [0.2, 0.25) is 0 Å². The summed E-state index contributed by atoms with van der Waals surface area (Å²) in [5.74, 6) is 0.832. The first-order chi connectivity index (χ1) is 6.82. The predicted molar refractivity (Wildman–Crippen MR) is 55.4 cm³/mol. The second kappa shape index (κ2) is 4.17. The van der Waals surface area contributed by atoms with Gasteiger partial charge in [-0.2, -0.15) is 0 Å². The number of ether oxygens (including phenoxy) is 2. The van der Waals surface area contributed by atoms with E-state index >= 15 is 0 Å². The van der Waals surface area contributed by atoms with Gasteiger partial charge in [-0.1, -0.05) is 0 Å². The highest BCUT2D eigenvalue weighted by Gasteiger charge is 2.46. The lowest BCUT2D eigenvalue weighted by Crippen LogP contribution is -2.55. The second-order valence-corrected chi connectivity index (χ2v) is 4.49. The van der Waals surface area contributed by atoms with Crippen molar-refractivity contribution in [2.24, 2.45) is 5.92 Å². The quantitative estimate of drug-likeness (QED) is 0.737. The van der Waals surface area contributed by atoms with E-state index in [4.69, 9.17) is 9.47 Å². The van der Waals surface area contributed by atoms with Crippen molar-refractivity contribution in [1.29, 1.82) is 0 Å². The van der Waals surface area contributed by atoms with E-state index in [0.29, 0.717) is 6.04 Å². The fourth-order valence-corrected chi connectivity index (χ4v) is 2.72. The Morgan fingerprint density at radius 1 is 1.36 bits per heavy atom. The summed E-state index contributed by atoms with van der Waals surface area (Å²) in [5, 5.41) is 3.44. The fourth-order valence-electron chi connectivity index (χ4n) is 2.72. The standard InChI is InChI=1S/C11H21NO2/c1-12-10(9-3-4-9)11(13-2)5-7-14-8-6-11/h9-10,12H,3-8H2,1-2H3. The van der Waals surface area contributed by atoms with Crippen molar-refractivity contribution >= 4 is 0 Å². The van der Waals surface area contributed by atoms with Crippen molar-refractivity contribution in [2.75, 3.05) is 27.4 Å². The number of rotatable bonds is 4. The van der Waals surface area contributed by atoms with Gasteiger partial charge in [-0.15, -0.1) is 0 Å². The zero-order valence-electron chi connectivity index (χ0n) is 9.21. The van der Waals surface area contributed by atoms with Gasteiger partial charge >= 0.3 is 0 Å². The third-order valence-corrected chi connectivity index (χ3v) is 3.72. The molecule has 2 rings (SSSR count). The molecule has 1 heterocycles. The average molecular weight is 199 g/mol. The van der Waals surface area contributed by atoms with Crippen molar-refractivity contribution in [2.45, 2.75) is 37.3 Å². The van der Waals surface area contributed by atoms with Crippen molar-refractivity contribution < 1.29 is 9.47 Å². The Balaban J connectivity index is 2.06. The topological polar surface area (TPSA) is 30.5 Å². The second-order valence-electron chi connectivity index (χ2n) is 4.49. The van der Waals surface area contributed by atoms with Crippen molar-refractivity contribution in [3.8, 4) is 0 Å². The lowest BCUT2D eigenvalue weighted by molar-refractivity contribution is -0.113. The third kappa shape index (κ3) is 1.81. The molecule has 14 heavy (non-hydrogen) atoms. The van der Waals surface area contributed by atoms with Crippen molar-refractivity contribution in [1.82, 2.24) is 5.32 Å². The first-order valence-corrected chi connectivity index (χ1v) is 5.62. The number of hydrogen-bond donors (Lipinski definition) is 1. The SMILES string of the molecule is CNC(C1CC1)C1(OC)CCOCC1. The van der Waals surface area contributed by atoms with E-state index in [1.807, 2.05) is 7.11 Å². The van der Waals surface area contributed by atoms with Gasteiger partial charge in [-0.05, 0) is 25.8 Å². The van der Waals surface area contributed by atoms with Gasteiger partial charge in [-0.25, -0.2) is 0 Å². The number of likely N-dealkylation sites (N-methyl/N-ethyl adjacent to an activating group) is 1. The summed E-state index contributed by atoms with van der Waals surface area (Å²) in [5.41, 5.74) is 0.0359. The third-order valence-electron chi connectivity index (χ3n) is 3.72. The molecule has 3 nitrogen and oxygen atoms in total. The normalized spacial score (nSPS) is 28.7. The Bertz CT molecular complexity index is 186. The van der Waals surface area contributed by atoms with Crippen LogP contribution in [0.25, 0.3) is 0 Å². The molecule has 1 aliphatic heterocycles. The summed E-state index contributed by atoms with van der Waals surface area (Å²) >= 11 is 0. The van der Waals surface area contributed by atoms with Crippen LogP contribution in [-0.2, 0) is 9.47 Å². The molecule has 0 bridgehead atoms. The minimum atomic E-state index is 0.0359. The molecule has 1 aliphatic carbocycles. The van der Waals surface area contributed by atoms with Crippen LogP contribution in [0.4, 0.5) is 0 Å². The molecule has 1 N–H and O–H groups in total. The van der Waals surface area contributed by atoms with Crippen molar-refractivity contribution in [3.05, 3.63) is 0 Å². The van der Waals surface area contributed by atoms with Crippen LogP contribution in [0, 0.1) is 5.92 Å². The van der Waals surface area contributed by atoms with Crippen LogP contribution in [-0.4, -0.2) is 39.0 Å². The van der Waals surface area contributed by atoms with Gasteiger partial charge < -0.3 is 14.8 Å². The Kier molecular flexibility index (Phi) is 3.10. The summed E-state index contributed by atoms with van der Waals surface area (Å²) in [6.45, 7) is 1.69. The molecule has 0 radical (unpaired) electrons. The van der Waals surface area contributed by atoms with Gasteiger partial charge in [0.05, 0.1) is 5.60 Å².